The standard InChI is InChI=1S/C23H15ClF3N3O3/c24-14-5-3-13(4-6-14)12-30-18-8-7-16(31)10-17(18)19(21(30)23(25,26)27)20(32)22(33)29-15-2-1-9-28-11-15/h1-11,31H,12H2,(H,29,33). The van der Waals surface area contributed by atoms with E-state index in [-0.39, 0.29) is 28.9 Å². The number of alkyl halides is 3. The maximum atomic E-state index is 14.3. The molecule has 0 bridgehead atoms. The van der Waals surface area contributed by atoms with E-state index in [0.717, 1.165) is 10.6 Å². The van der Waals surface area contributed by atoms with Gasteiger partial charge in [0.1, 0.15) is 11.4 Å². The van der Waals surface area contributed by atoms with E-state index in [4.69, 9.17) is 11.6 Å². The Bertz CT molecular complexity index is 1350. The number of ketones is 1. The second kappa shape index (κ2) is 8.59. The van der Waals surface area contributed by atoms with Crippen LogP contribution >= 0.6 is 11.6 Å². The number of hydrogen-bond donors (Lipinski definition) is 2. The Balaban J connectivity index is 1.89. The summed E-state index contributed by atoms with van der Waals surface area (Å²) in [6.07, 6.45) is -2.28. The fraction of sp³-hybridized carbons (Fsp3) is 0.0870. The zero-order valence-electron chi connectivity index (χ0n) is 16.7. The second-order valence-corrected chi connectivity index (χ2v) is 7.60. The number of nitrogens with zero attached hydrogens (tertiary/aromatic N) is 2. The van der Waals surface area contributed by atoms with E-state index in [0.29, 0.717) is 10.6 Å². The Morgan fingerprint density at radius 1 is 1.09 bits per heavy atom. The van der Waals surface area contributed by atoms with Crippen molar-refractivity contribution in [3.05, 3.63) is 88.8 Å². The van der Waals surface area contributed by atoms with Gasteiger partial charge in [-0.3, -0.25) is 14.6 Å². The van der Waals surface area contributed by atoms with Crippen LogP contribution in [0.5, 0.6) is 5.75 Å². The van der Waals surface area contributed by atoms with Gasteiger partial charge in [-0.2, -0.15) is 13.2 Å². The van der Waals surface area contributed by atoms with Gasteiger partial charge in [0.25, 0.3) is 11.7 Å². The molecule has 0 atom stereocenters. The molecule has 0 radical (unpaired) electrons. The number of hydrogen-bond acceptors (Lipinski definition) is 4. The number of pyridine rings is 1. The largest absolute Gasteiger partial charge is 0.508 e. The third-order valence-corrected chi connectivity index (χ3v) is 5.17. The van der Waals surface area contributed by atoms with Crippen molar-refractivity contribution in [2.75, 3.05) is 5.32 Å². The quantitative estimate of drug-likeness (QED) is 0.305. The summed E-state index contributed by atoms with van der Waals surface area (Å²) in [7, 11) is 0. The van der Waals surface area contributed by atoms with Crippen molar-refractivity contribution in [2.24, 2.45) is 0 Å². The van der Waals surface area contributed by atoms with Crippen LogP contribution in [0, 0.1) is 0 Å². The van der Waals surface area contributed by atoms with Crippen LogP contribution in [0.1, 0.15) is 21.6 Å². The van der Waals surface area contributed by atoms with E-state index in [9.17, 15) is 27.9 Å². The van der Waals surface area contributed by atoms with Gasteiger partial charge < -0.3 is 15.0 Å². The Kier molecular flexibility index (Phi) is 5.82. The third-order valence-electron chi connectivity index (χ3n) is 4.92. The topological polar surface area (TPSA) is 84.2 Å². The molecule has 168 valence electrons. The summed E-state index contributed by atoms with van der Waals surface area (Å²) < 4.78 is 43.7. The van der Waals surface area contributed by atoms with Gasteiger partial charge in [-0.05, 0) is 48.0 Å². The van der Waals surface area contributed by atoms with Crippen LogP contribution in [0.2, 0.25) is 5.02 Å². The molecule has 0 spiro atoms. The Morgan fingerprint density at radius 3 is 2.45 bits per heavy atom. The highest BCUT2D eigenvalue weighted by molar-refractivity contribution is 6.48. The third kappa shape index (κ3) is 4.54. The molecular formula is C23H15ClF3N3O3. The summed E-state index contributed by atoms with van der Waals surface area (Å²) in [4.78, 5) is 29.4. The van der Waals surface area contributed by atoms with E-state index in [1.807, 2.05) is 0 Å². The number of phenols is 1. The lowest BCUT2D eigenvalue weighted by atomic mass is 10.0. The van der Waals surface area contributed by atoms with E-state index < -0.39 is 29.1 Å². The molecule has 0 fully saturated rings. The lowest BCUT2D eigenvalue weighted by Gasteiger charge is -2.15. The van der Waals surface area contributed by atoms with Gasteiger partial charge in [0.15, 0.2) is 0 Å². The summed E-state index contributed by atoms with van der Waals surface area (Å²) in [6, 6.07) is 12.7. The molecule has 0 unspecified atom stereocenters. The lowest BCUT2D eigenvalue weighted by Crippen LogP contribution is -2.26. The summed E-state index contributed by atoms with van der Waals surface area (Å²) in [5.74, 6) is -3.00. The molecule has 2 heterocycles. The average Bonchev–Trinajstić information content (AvgIpc) is 3.09. The van der Waals surface area contributed by atoms with Crippen LogP contribution in [0.3, 0.4) is 0 Å². The Morgan fingerprint density at radius 2 is 1.82 bits per heavy atom. The molecule has 0 aliphatic rings. The predicted octanol–water partition coefficient (Wildman–Crippen LogP) is 5.28. The van der Waals surface area contributed by atoms with Gasteiger partial charge in [-0.15, -0.1) is 0 Å². The number of halogens is 4. The Labute approximate surface area is 190 Å². The van der Waals surface area contributed by atoms with Crippen molar-refractivity contribution in [3.63, 3.8) is 0 Å². The van der Waals surface area contributed by atoms with Gasteiger partial charge >= 0.3 is 6.18 Å². The summed E-state index contributed by atoms with van der Waals surface area (Å²) in [5, 5.41) is 12.4. The van der Waals surface area contributed by atoms with Gasteiger partial charge in [-0.25, -0.2) is 0 Å². The van der Waals surface area contributed by atoms with E-state index >= 15 is 0 Å². The van der Waals surface area contributed by atoms with Crippen molar-refractivity contribution in [1.82, 2.24) is 9.55 Å². The molecular weight excluding hydrogens is 459 g/mol. The van der Waals surface area contributed by atoms with Gasteiger partial charge in [0.2, 0.25) is 0 Å². The number of aromatic nitrogens is 2. The molecule has 10 heteroatoms. The monoisotopic (exact) mass is 473 g/mol. The highest BCUT2D eigenvalue weighted by Crippen LogP contribution is 2.40. The summed E-state index contributed by atoms with van der Waals surface area (Å²) in [6.45, 7) is -0.245. The molecule has 33 heavy (non-hydrogen) atoms. The number of nitrogens with one attached hydrogen (secondary N) is 1. The normalized spacial score (nSPS) is 11.5. The smallest absolute Gasteiger partial charge is 0.432 e. The highest BCUT2D eigenvalue weighted by atomic mass is 35.5. The molecule has 6 nitrogen and oxygen atoms in total. The molecule has 4 rings (SSSR count). The molecule has 2 N–H and O–H groups in total. The fourth-order valence-electron chi connectivity index (χ4n) is 3.54. The molecule has 1 amide bonds. The first-order valence-corrected chi connectivity index (χ1v) is 9.95. The number of carbonyl (C=O) groups excluding carboxylic acids is 2. The molecule has 0 aliphatic carbocycles. The number of fused-ring (bicyclic) bond motifs is 1. The maximum Gasteiger partial charge on any atom is 0.432 e. The van der Waals surface area contributed by atoms with Gasteiger partial charge in [-0.1, -0.05) is 23.7 Å². The minimum absolute atomic E-state index is 0.0348. The fourth-order valence-corrected chi connectivity index (χ4v) is 3.67. The van der Waals surface area contributed by atoms with Crippen LogP contribution in [-0.4, -0.2) is 26.3 Å². The predicted molar refractivity (Wildman–Crippen MR) is 116 cm³/mol. The number of phenolic OH excluding ortho intramolecular Hbond substituents is 1. The molecule has 0 saturated carbocycles. The van der Waals surface area contributed by atoms with Crippen molar-refractivity contribution in [3.8, 4) is 5.75 Å². The zero-order valence-corrected chi connectivity index (χ0v) is 17.5. The van der Waals surface area contributed by atoms with E-state index in [1.165, 1.54) is 48.8 Å². The number of amides is 1. The number of carbonyl (C=O) groups is 2. The average molecular weight is 474 g/mol. The second-order valence-electron chi connectivity index (χ2n) is 7.16. The van der Waals surface area contributed by atoms with Crippen LogP contribution in [-0.2, 0) is 17.5 Å². The van der Waals surface area contributed by atoms with Crippen LogP contribution in [0.25, 0.3) is 10.9 Å². The number of aromatic hydroxyl groups is 1. The number of benzene rings is 2. The molecule has 0 aliphatic heterocycles. The SMILES string of the molecule is O=C(Nc1cccnc1)C(=O)c1c(C(F)(F)F)n(Cc2ccc(Cl)cc2)c2ccc(O)cc12. The zero-order chi connectivity index (χ0) is 23.8. The van der Waals surface area contributed by atoms with Crippen LogP contribution in [0.15, 0.2) is 67.0 Å². The van der Waals surface area contributed by atoms with Crippen LogP contribution < -0.4 is 5.32 Å². The van der Waals surface area contributed by atoms with Crippen molar-refractivity contribution >= 4 is 39.9 Å². The van der Waals surface area contributed by atoms with Crippen LogP contribution in [0.4, 0.5) is 18.9 Å². The molecule has 0 saturated heterocycles. The Hall–Kier alpha value is -3.85. The first-order chi connectivity index (χ1) is 15.6. The molecule has 2 aromatic heterocycles. The molecule has 4 aromatic rings. The van der Waals surface area contributed by atoms with Crippen molar-refractivity contribution in [1.29, 1.82) is 0 Å². The first-order valence-electron chi connectivity index (χ1n) is 9.57. The van der Waals surface area contributed by atoms with Crippen molar-refractivity contribution < 1.29 is 27.9 Å². The minimum atomic E-state index is -4.97. The van der Waals surface area contributed by atoms with Gasteiger partial charge in [0, 0.05) is 28.7 Å². The maximum absolute atomic E-state index is 14.3. The number of rotatable bonds is 5. The van der Waals surface area contributed by atoms with E-state index in [2.05, 4.69) is 10.3 Å². The number of Topliss-reactive ketones (excluding diaryl/α,β-unsaturated/α-hetero) is 1. The summed E-state index contributed by atoms with van der Waals surface area (Å²) >= 11 is 5.87. The first kappa shape index (κ1) is 22.3. The molecule has 2 aromatic carbocycles. The number of anilines is 1. The highest BCUT2D eigenvalue weighted by Gasteiger charge is 2.42. The van der Waals surface area contributed by atoms with Crippen molar-refractivity contribution in [2.45, 2.75) is 12.7 Å². The summed E-state index contributed by atoms with van der Waals surface area (Å²) in [5.41, 5.74) is -1.45. The lowest BCUT2D eigenvalue weighted by molar-refractivity contribution is -0.143. The van der Waals surface area contributed by atoms with Gasteiger partial charge in [0.05, 0.1) is 17.4 Å². The minimum Gasteiger partial charge on any atom is -0.508 e. The van der Waals surface area contributed by atoms with E-state index in [1.54, 1.807) is 12.1 Å².